The third-order valence-electron chi connectivity index (χ3n) is 3.48. The molecule has 0 aliphatic carbocycles. The number of ketones is 1. The molecular formula is C15H19NO3S. The van der Waals surface area contributed by atoms with Crippen molar-refractivity contribution >= 4 is 23.5 Å². The number of carbonyl (C=O) groups excluding carboxylic acids is 2. The van der Waals surface area contributed by atoms with Crippen molar-refractivity contribution in [1.82, 2.24) is 4.90 Å². The number of rotatable bonds is 4. The maximum absolute atomic E-state index is 12.4. The lowest BCUT2D eigenvalue weighted by Gasteiger charge is -2.27. The van der Waals surface area contributed by atoms with Crippen molar-refractivity contribution in [3.05, 3.63) is 23.8 Å². The van der Waals surface area contributed by atoms with Gasteiger partial charge in [-0.2, -0.15) is 0 Å². The highest BCUT2D eigenvalue weighted by Gasteiger charge is 2.32. The van der Waals surface area contributed by atoms with Gasteiger partial charge in [-0.3, -0.25) is 9.59 Å². The molecule has 1 amide bonds. The molecule has 1 aliphatic heterocycles. The number of fused-ring (bicyclic) bond motifs is 1. The lowest BCUT2D eigenvalue weighted by atomic mass is 10.0. The first-order valence-electron chi connectivity index (χ1n) is 6.77. The molecule has 0 radical (unpaired) electrons. The Morgan fingerprint density at radius 3 is 2.70 bits per heavy atom. The molecule has 1 atom stereocenters. The molecule has 20 heavy (non-hydrogen) atoms. The Morgan fingerprint density at radius 2 is 2.10 bits per heavy atom. The second-order valence-corrected chi connectivity index (χ2v) is 5.85. The topological polar surface area (TPSA) is 46.6 Å². The summed E-state index contributed by atoms with van der Waals surface area (Å²) in [5, 5.41) is -0.303. The van der Waals surface area contributed by atoms with Crippen molar-refractivity contribution < 1.29 is 14.3 Å². The number of hydrogen-bond acceptors (Lipinski definition) is 4. The van der Waals surface area contributed by atoms with Crippen LogP contribution in [0.2, 0.25) is 0 Å². The van der Waals surface area contributed by atoms with E-state index in [0.29, 0.717) is 24.4 Å². The van der Waals surface area contributed by atoms with E-state index in [1.54, 1.807) is 18.1 Å². The van der Waals surface area contributed by atoms with Gasteiger partial charge in [-0.1, -0.05) is 0 Å². The van der Waals surface area contributed by atoms with Crippen LogP contribution in [0.25, 0.3) is 0 Å². The van der Waals surface area contributed by atoms with E-state index in [1.165, 1.54) is 11.8 Å². The minimum Gasteiger partial charge on any atom is -0.497 e. The SMILES string of the molecule is CCN(CC)C(=O)C1CC(=O)c2cc(OC)ccc2S1. The fourth-order valence-electron chi connectivity index (χ4n) is 2.31. The molecule has 1 unspecified atom stereocenters. The van der Waals surface area contributed by atoms with Crippen LogP contribution in [0, 0.1) is 0 Å². The second kappa shape index (κ2) is 6.31. The van der Waals surface area contributed by atoms with E-state index < -0.39 is 0 Å². The fraction of sp³-hybridized carbons (Fsp3) is 0.467. The molecule has 0 N–H and O–H groups in total. The van der Waals surface area contributed by atoms with E-state index in [9.17, 15) is 9.59 Å². The first-order chi connectivity index (χ1) is 9.60. The largest absolute Gasteiger partial charge is 0.497 e. The van der Waals surface area contributed by atoms with Gasteiger partial charge in [-0.05, 0) is 32.0 Å². The summed E-state index contributed by atoms with van der Waals surface area (Å²) < 4.78 is 5.14. The quantitative estimate of drug-likeness (QED) is 0.856. The third-order valence-corrected chi connectivity index (χ3v) is 4.74. The summed E-state index contributed by atoms with van der Waals surface area (Å²) in [7, 11) is 1.58. The smallest absolute Gasteiger partial charge is 0.236 e. The van der Waals surface area contributed by atoms with Crippen molar-refractivity contribution in [3.8, 4) is 5.75 Å². The molecule has 1 aromatic carbocycles. The highest BCUT2D eigenvalue weighted by atomic mass is 32.2. The van der Waals surface area contributed by atoms with Crippen LogP contribution >= 0.6 is 11.8 Å². The summed E-state index contributed by atoms with van der Waals surface area (Å²) in [6.45, 7) is 5.26. The van der Waals surface area contributed by atoms with Gasteiger partial charge in [0, 0.05) is 30.0 Å². The molecule has 0 aromatic heterocycles. The van der Waals surface area contributed by atoms with Crippen LogP contribution < -0.4 is 4.74 Å². The van der Waals surface area contributed by atoms with Crippen LogP contribution in [0.3, 0.4) is 0 Å². The first-order valence-corrected chi connectivity index (χ1v) is 7.65. The molecule has 1 heterocycles. The molecule has 5 heteroatoms. The van der Waals surface area contributed by atoms with Crippen LogP contribution in [-0.2, 0) is 4.79 Å². The minimum atomic E-state index is -0.303. The summed E-state index contributed by atoms with van der Waals surface area (Å²) in [4.78, 5) is 27.2. The second-order valence-electron chi connectivity index (χ2n) is 4.61. The zero-order valence-corrected chi connectivity index (χ0v) is 12.8. The molecule has 4 nitrogen and oxygen atoms in total. The Morgan fingerprint density at radius 1 is 1.40 bits per heavy atom. The van der Waals surface area contributed by atoms with Gasteiger partial charge >= 0.3 is 0 Å². The van der Waals surface area contributed by atoms with Crippen LogP contribution in [0.15, 0.2) is 23.1 Å². The summed E-state index contributed by atoms with van der Waals surface area (Å²) in [5.74, 6) is 0.740. The number of carbonyl (C=O) groups is 2. The maximum atomic E-state index is 12.4. The van der Waals surface area contributed by atoms with Crippen LogP contribution in [0.4, 0.5) is 0 Å². The van der Waals surface area contributed by atoms with E-state index in [0.717, 1.165) is 4.90 Å². The fourth-order valence-corrected chi connectivity index (χ4v) is 3.54. The average Bonchev–Trinajstić information content (AvgIpc) is 2.48. The van der Waals surface area contributed by atoms with E-state index in [4.69, 9.17) is 4.74 Å². The lowest BCUT2D eigenvalue weighted by molar-refractivity contribution is -0.130. The number of nitrogens with zero attached hydrogens (tertiary/aromatic N) is 1. The summed E-state index contributed by atoms with van der Waals surface area (Å²) in [6, 6.07) is 5.44. The van der Waals surface area contributed by atoms with Crippen LogP contribution in [0.1, 0.15) is 30.6 Å². The molecule has 1 aliphatic rings. The zero-order valence-electron chi connectivity index (χ0n) is 12.0. The molecule has 0 saturated carbocycles. The van der Waals surface area contributed by atoms with E-state index in [1.807, 2.05) is 26.0 Å². The normalized spacial score (nSPS) is 17.6. The molecule has 0 fully saturated rings. The molecule has 2 rings (SSSR count). The van der Waals surface area contributed by atoms with Gasteiger partial charge in [0.2, 0.25) is 5.91 Å². The molecule has 1 aromatic rings. The van der Waals surface area contributed by atoms with Crippen molar-refractivity contribution in [2.75, 3.05) is 20.2 Å². The third kappa shape index (κ3) is 2.82. The van der Waals surface area contributed by atoms with Crippen molar-refractivity contribution in [3.63, 3.8) is 0 Å². The molecule has 0 spiro atoms. The summed E-state index contributed by atoms with van der Waals surface area (Å²) in [5.41, 5.74) is 0.665. The Labute approximate surface area is 123 Å². The Balaban J connectivity index is 2.23. The monoisotopic (exact) mass is 293 g/mol. The highest BCUT2D eigenvalue weighted by Crippen LogP contribution is 2.37. The van der Waals surface area contributed by atoms with Gasteiger partial charge in [0.25, 0.3) is 0 Å². The lowest BCUT2D eigenvalue weighted by Crippen LogP contribution is -2.39. The molecule has 0 saturated heterocycles. The number of benzene rings is 1. The number of ether oxygens (including phenoxy) is 1. The number of thioether (sulfide) groups is 1. The standard InChI is InChI=1S/C15H19NO3S/c1-4-16(5-2)15(18)14-9-12(17)11-8-10(19-3)6-7-13(11)20-14/h6-8,14H,4-5,9H2,1-3H3. The van der Waals surface area contributed by atoms with Gasteiger partial charge in [-0.15, -0.1) is 11.8 Å². The van der Waals surface area contributed by atoms with Gasteiger partial charge in [0.1, 0.15) is 5.75 Å². The van der Waals surface area contributed by atoms with Crippen molar-refractivity contribution in [2.24, 2.45) is 0 Å². The molecule has 0 bridgehead atoms. The average molecular weight is 293 g/mol. The van der Waals surface area contributed by atoms with Gasteiger partial charge in [-0.25, -0.2) is 0 Å². The predicted molar refractivity (Wildman–Crippen MR) is 79.5 cm³/mol. The van der Waals surface area contributed by atoms with Gasteiger partial charge < -0.3 is 9.64 Å². The summed E-state index contributed by atoms with van der Waals surface area (Å²) >= 11 is 1.48. The van der Waals surface area contributed by atoms with E-state index >= 15 is 0 Å². The molecule has 108 valence electrons. The Bertz CT molecular complexity index is 526. The van der Waals surface area contributed by atoms with E-state index in [-0.39, 0.29) is 23.4 Å². The van der Waals surface area contributed by atoms with Crippen LogP contribution in [-0.4, -0.2) is 42.0 Å². The maximum Gasteiger partial charge on any atom is 0.236 e. The Hall–Kier alpha value is -1.49. The molecular weight excluding hydrogens is 274 g/mol. The number of amides is 1. The highest BCUT2D eigenvalue weighted by molar-refractivity contribution is 8.00. The predicted octanol–water partition coefficient (Wildman–Crippen LogP) is 2.61. The number of hydrogen-bond donors (Lipinski definition) is 0. The number of methoxy groups -OCH3 is 1. The van der Waals surface area contributed by atoms with Crippen LogP contribution in [0.5, 0.6) is 5.75 Å². The van der Waals surface area contributed by atoms with Gasteiger partial charge in [0.15, 0.2) is 5.78 Å². The zero-order chi connectivity index (χ0) is 14.7. The van der Waals surface area contributed by atoms with Crippen molar-refractivity contribution in [1.29, 1.82) is 0 Å². The van der Waals surface area contributed by atoms with Gasteiger partial charge in [0.05, 0.1) is 12.4 Å². The van der Waals surface area contributed by atoms with E-state index in [2.05, 4.69) is 0 Å². The van der Waals surface area contributed by atoms with Crippen molar-refractivity contribution in [2.45, 2.75) is 30.4 Å². The first kappa shape index (κ1) is 14.9. The minimum absolute atomic E-state index is 0.0168. The summed E-state index contributed by atoms with van der Waals surface area (Å²) in [6.07, 6.45) is 0.264. The Kier molecular flexibility index (Phi) is 4.70. The number of Topliss-reactive ketones (excluding diaryl/α,β-unsaturated/α-hetero) is 1.